The van der Waals surface area contributed by atoms with Crippen LogP contribution >= 0.6 is 0 Å². The van der Waals surface area contributed by atoms with E-state index in [9.17, 15) is 18.3 Å². The van der Waals surface area contributed by atoms with Gasteiger partial charge < -0.3 is 9.84 Å². The molecule has 1 N–H and O–H groups in total. The number of aliphatic hydroxyl groups is 1. The average Bonchev–Trinajstić information content (AvgIpc) is 3.28. The molecule has 5 aliphatic carbocycles. The van der Waals surface area contributed by atoms with E-state index in [0.29, 0.717) is 22.7 Å². The Balaban J connectivity index is 1.37. The lowest BCUT2D eigenvalue weighted by Crippen LogP contribution is -2.57. The molecule has 0 saturated heterocycles. The monoisotopic (exact) mass is 452 g/mol. The summed E-state index contributed by atoms with van der Waals surface area (Å²) in [7, 11) is 0. The van der Waals surface area contributed by atoms with Crippen molar-refractivity contribution in [3.63, 3.8) is 0 Å². The maximum atomic E-state index is 13.5. The van der Waals surface area contributed by atoms with Gasteiger partial charge in [0.25, 0.3) is 0 Å². The van der Waals surface area contributed by atoms with Crippen LogP contribution in [-0.4, -0.2) is 23.5 Å². The van der Waals surface area contributed by atoms with Crippen LogP contribution in [0.2, 0.25) is 0 Å². The highest BCUT2D eigenvalue weighted by molar-refractivity contribution is 5.32. The Kier molecular flexibility index (Phi) is 4.03. The predicted octanol–water partition coefficient (Wildman–Crippen LogP) is 6.88. The van der Waals surface area contributed by atoms with Crippen molar-refractivity contribution < 1.29 is 23.0 Å². The van der Waals surface area contributed by atoms with Gasteiger partial charge in [0.15, 0.2) is 5.76 Å². The number of alkyl halides is 3. The second kappa shape index (κ2) is 5.91. The summed E-state index contributed by atoms with van der Waals surface area (Å²) in [6.07, 6.45) is 5.09. The average molecular weight is 453 g/mol. The predicted molar refractivity (Wildman–Crippen MR) is 116 cm³/mol. The van der Waals surface area contributed by atoms with Crippen molar-refractivity contribution in [2.24, 2.45) is 50.7 Å². The lowest BCUT2D eigenvalue weighted by atomic mass is 9.42. The molecule has 0 amide bonds. The first-order chi connectivity index (χ1) is 14.7. The van der Waals surface area contributed by atoms with Crippen molar-refractivity contribution in [2.75, 3.05) is 0 Å². The third-order valence-corrected chi connectivity index (χ3v) is 12.7. The number of allylic oxidation sites excluding steroid dienone is 2. The summed E-state index contributed by atoms with van der Waals surface area (Å²) in [4.78, 5) is 0. The van der Waals surface area contributed by atoms with Gasteiger partial charge in [-0.3, -0.25) is 0 Å². The van der Waals surface area contributed by atoms with Crippen LogP contribution in [0, 0.1) is 50.7 Å². The van der Waals surface area contributed by atoms with Crippen LogP contribution in [0.4, 0.5) is 13.2 Å². The highest BCUT2D eigenvalue weighted by atomic mass is 19.4. The van der Waals surface area contributed by atoms with E-state index in [-0.39, 0.29) is 40.3 Å². The molecule has 5 saturated carbocycles. The van der Waals surface area contributed by atoms with Crippen molar-refractivity contribution in [1.82, 2.24) is 0 Å². The molecule has 6 rings (SSSR count). The van der Waals surface area contributed by atoms with E-state index in [4.69, 9.17) is 4.74 Å². The molecular weight excluding hydrogens is 413 g/mol. The number of ether oxygens (including phenoxy) is 1. The fourth-order valence-electron chi connectivity index (χ4n) is 11.2. The van der Waals surface area contributed by atoms with Gasteiger partial charge in [-0.05, 0) is 102 Å². The van der Waals surface area contributed by atoms with E-state index in [2.05, 4.69) is 27.7 Å². The molecule has 4 unspecified atom stereocenters. The third-order valence-electron chi connectivity index (χ3n) is 12.7. The lowest BCUT2D eigenvalue weighted by Gasteiger charge is -2.63. The Morgan fingerprint density at radius 2 is 1.59 bits per heavy atom. The van der Waals surface area contributed by atoms with Crippen LogP contribution in [-0.2, 0) is 4.74 Å². The van der Waals surface area contributed by atoms with Gasteiger partial charge in [0.2, 0.25) is 0 Å². The molecule has 0 radical (unpaired) electrons. The van der Waals surface area contributed by atoms with Crippen molar-refractivity contribution in [1.29, 1.82) is 0 Å². The fourth-order valence-corrected chi connectivity index (χ4v) is 11.2. The van der Waals surface area contributed by atoms with Gasteiger partial charge in [-0.1, -0.05) is 34.6 Å². The summed E-state index contributed by atoms with van der Waals surface area (Å²) < 4.78 is 46.4. The SMILES string of the molecule is C[C@@H]1C=C(C(F)(F)F)OC2C[C@@]3(C)C4CCC5C(C)(C)[C@@H](O)CC[C@@]56C[C@@]46CC[C@]3(C)C21. The molecule has 5 fully saturated rings. The highest BCUT2D eigenvalue weighted by Crippen LogP contribution is 2.89. The summed E-state index contributed by atoms with van der Waals surface area (Å²) in [6.45, 7) is 11.3. The number of aliphatic hydroxyl groups excluding tert-OH is 1. The first-order valence-corrected chi connectivity index (χ1v) is 12.9. The normalized spacial score (nSPS) is 57.7. The quantitative estimate of drug-likeness (QED) is 0.434. The van der Waals surface area contributed by atoms with Crippen molar-refractivity contribution in [3.8, 4) is 0 Å². The zero-order chi connectivity index (χ0) is 23.1. The molecule has 0 bridgehead atoms. The van der Waals surface area contributed by atoms with E-state index in [1.165, 1.54) is 18.9 Å². The van der Waals surface area contributed by atoms with Crippen LogP contribution in [0.3, 0.4) is 0 Å². The van der Waals surface area contributed by atoms with Crippen molar-refractivity contribution in [2.45, 2.75) is 104 Å². The first-order valence-electron chi connectivity index (χ1n) is 12.9. The maximum absolute atomic E-state index is 13.5. The molecule has 1 heterocycles. The topological polar surface area (TPSA) is 29.5 Å². The largest absolute Gasteiger partial charge is 0.486 e. The Morgan fingerprint density at radius 3 is 2.28 bits per heavy atom. The van der Waals surface area contributed by atoms with Gasteiger partial charge >= 0.3 is 6.18 Å². The number of halogens is 3. The molecule has 0 aromatic carbocycles. The van der Waals surface area contributed by atoms with Crippen LogP contribution in [0.15, 0.2) is 11.8 Å². The van der Waals surface area contributed by atoms with Crippen molar-refractivity contribution >= 4 is 0 Å². The van der Waals surface area contributed by atoms with Crippen molar-refractivity contribution in [3.05, 3.63) is 11.8 Å². The van der Waals surface area contributed by atoms with Gasteiger partial charge in [0.05, 0.1) is 6.10 Å². The zero-order valence-electron chi connectivity index (χ0n) is 20.2. The second-order valence-corrected chi connectivity index (χ2v) is 13.7. The standard InChI is InChI=1S/C27H39F3O2/c1-15-12-20(27(28,29)30)32-16-13-24(5)18-7-6-17-22(2,3)19(31)8-9-25(17)14-26(18,25)11-10-23(24,4)21(15)16/h12,15-19,21,31H,6-11,13-14H2,1-5H3/t15-,16?,17?,18?,19+,21?,23-,24+,25-,26+/m1/s1. The van der Waals surface area contributed by atoms with E-state index in [1.807, 2.05) is 6.92 Å². The van der Waals surface area contributed by atoms with E-state index in [1.54, 1.807) is 0 Å². The number of hydrogen-bond acceptors (Lipinski definition) is 2. The fraction of sp³-hybridized carbons (Fsp3) is 0.926. The minimum absolute atomic E-state index is 0.0123. The zero-order valence-corrected chi connectivity index (χ0v) is 20.2. The summed E-state index contributed by atoms with van der Waals surface area (Å²) >= 11 is 0. The molecule has 0 aromatic heterocycles. The van der Waals surface area contributed by atoms with Gasteiger partial charge in [-0.25, -0.2) is 0 Å². The number of hydrogen-bond donors (Lipinski definition) is 1. The minimum atomic E-state index is -4.40. The van der Waals surface area contributed by atoms with Gasteiger partial charge in [-0.2, -0.15) is 13.2 Å². The molecule has 1 aliphatic heterocycles. The summed E-state index contributed by atoms with van der Waals surface area (Å²) in [5, 5.41) is 10.8. The molecule has 2 nitrogen and oxygen atoms in total. The third kappa shape index (κ3) is 2.24. The Morgan fingerprint density at radius 1 is 0.938 bits per heavy atom. The molecular formula is C27H39F3O2. The van der Waals surface area contributed by atoms with E-state index in [0.717, 1.165) is 38.5 Å². The second-order valence-electron chi connectivity index (χ2n) is 13.7. The Bertz CT molecular complexity index is 879. The number of fused-ring (bicyclic) bond motifs is 4. The number of rotatable bonds is 0. The Hall–Kier alpha value is -0.710. The smallest absolute Gasteiger partial charge is 0.448 e. The molecule has 180 valence electrons. The van der Waals surface area contributed by atoms with E-state index >= 15 is 0 Å². The van der Waals surface area contributed by atoms with Gasteiger partial charge in [0, 0.05) is 5.92 Å². The molecule has 2 spiro atoms. The van der Waals surface area contributed by atoms with E-state index < -0.39 is 11.9 Å². The molecule has 32 heavy (non-hydrogen) atoms. The van der Waals surface area contributed by atoms with Crippen LogP contribution in [0.5, 0.6) is 0 Å². The van der Waals surface area contributed by atoms with Crippen LogP contribution in [0.25, 0.3) is 0 Å². The highest BCUT2D eigenvalue weighted by Gasteiger charge is 2.83. The molecule has 0 aromatic rings. The lowest BCUT2D eigenvalue weighted by molar-refractivity contribution is -0.164. The molecule has 10 atom stereocenters. The van der Waals surface area contributed by atoms with Crippen LogP contribution < -0.4 is 0 Å². The first kappa shape index (κ1) is 21.8. The van der Waals surface area contributed by atoms with Crippen LogP contribution in [0.1, 0.15) is 86.0 Å². The summed E-state index contributed by atoms with van der Waals surface area (Å²) in [5.41, 5.74) is 0.664. The summed E-state index contributed by atoms with van der Waals surface area (Å²) in [5.74, 6) is 0.418. The van der Waals surface area contributed by atoms with Gasteiger partial charge in [0.1, 0.15) is 6.10 Å². The molecule has 6 aliphatic rings. The Labute approximate surface area is 190 Å². The maximum Gasteiger partial charge on any atom is 0.448 e. The minimum Gasteiger partial charge on any atom is -0.486 e. The molecule has 5 heteroatoms. The van der Waals surface area contributed by atoms with Gasteiger partial charge in [-0.15, -0.1) is 0 Å². The summed E-state index contributed by atoms with van der Waals surface area (Å²) in [6, 6.07) is 0.